The molecule has 12 rings (SSSR count). The van der Waals surface area contributed by atoms with Gasteiger partial charge in [0.1, 0.15) is 35.6 Å². The summed E-state index contributed by atoms with van der Waals surface area (Å²) in [6, 6.07) is 28.9. The number of nitrogens with zero attached hydrogens (tertiary/aromatic N) is 9. The Kier molecular flexibility index (Phi) is 21.4. The number of aromatic nitrogens is 6. The molecule has 24 nitrogen and oxygen atoms in total. The van der Waals surface area contributed by atoms with E-state index < -0.39 is 102 Å². The van der Waals surface area contributed by atoms with Gasteiger partial charge in [-0.05, 0) is 125 Å². The highest BCUT2D eigenvalue weighted by atomic mass is 35.5. The molecule has 6 aromatic carbocycles. The third kappa shape index (κ3) is 16.5. The number of amides is 3. The monoisotopic (exact) mass is 1430 g/mol. The van der Waals surface area contributed by atoms with Crippen molar-refractivity contribution >= 4 is 100 Å². The molecule has 0 bridgehead atoms. The molecule has 0 saturated carbocycles. The Balaban J connectivity index is 0.000000157. The zero-order chi connectivity index (χ0) is 69.1. The van der Waals surface area contributed by atoms with Crippen molar-refractivity contribution in [2.24, 2.45) is 21.1 Å². The summed E-state index contributed by atoms with van der Waals surface area (Å²) in [6.07, 6.45) is 11.4. The standard InChI is InChI=1S/3C21H21ClFN5O3S/c3*1-27-12-15(11-24-27)13-4-3-5-14(8-13)19-10-20(28(2)32(30,31)26-19)21(29)25-16-6-7-18(23)17(22)9-16/h3*3-9,11-12,19-20,26H,10H2,1-2H3,(H,25,29)/t2*19-,20+;/m10./s1. The average Bonchev–Trinajstić information content (AvgIpc) is 1.10. The fourth-order valence-electron chi connectivity index (χ4n) is 10.9. The number of likely N-dealkylation sites (N-methyl/N-ethyl adjacent to an activating group) is 3. The third-order valence-corrected chi connectivity index (χ3v) is 21.8. The normalized spacial score (nSPS) is 20.8. The van der Waals surface area contributed by atoms with Crippen LogP contribution >= 0.6 is 34.8 Å². The predicted octanol–water partition coefficient (Wildman–Crippen LogP) is 9.29. The van der Waals surface area contributed by atoms with E-state index in [2.05, 4.69) is 45.4 Å². The first-order chi connectivity index (χ1) is 45.4. The number of aryl methyl sites for hydroxylation is 3. The number of carbonyl (C=O) groups excluding carboxylic acids is 3. The second-order valence-corrected chi connectivity index (χ2v) is 29.3. The quantitative estimate of drug-likeness (QED) is 0.0667. The van der Waals surface area contributed by atoms with Crippen LogP contribution in [0.5, 0.6) is 0 Å². The summed E-state index contributed by atoms with van der Waals surface area (Å²) < 4.78 is 133. The van der Waals surface area contributed by atoms with Gasteiger partial charge in [-0.15, -0.1) is 0 Å². The highest BCUT2D eigenvalue weighted by Gasteiger charge is 2.44. The van der Waals surface area contributed by atoms with Gasteiger partial charge in [0.2, 0.25) is 17.7 Å². The molecular weight excluding hydrogens is 1370 g/mol. The molecule has 9 aromatic rings. The predicted molar refractivity (Wildman–Crippen MR) is 359 cm³/mol. The molecule has 6 N–H and O–H groups in total. The molecule has 6 atom stereocenters. The van der Waals surface area contributed by atoms with Crippen molar-refractivity contribution < 1.29 is 52.8 Å². The summed E-state index contributed by atoms with van der Waals surface area (Å²) in [5.74, 6) is -3.43. The Morgan fingerprint density at radius 1 is 0.406 bits per heavy atom. The highest BCUT2D eigenvalue weighted by Crippen LogP contribution is 2.36. The molecule has 3 saturated heterocycles. The average molecular weight is 1430 g/mol. The minimum absolute atomic E-state index is 0.140. The fraction of sp³-hybridized carbons (Fsp3) is 0.238. The number of anilines is 3. The zero-order valence-electron chi connectivity index (χ0n) is 51.9. The molecule has 504 valence electrons. The second kappa shape index (κ2) is 29.1. The van der Waals surface area contributed by atoms with Crippen LogP contribution in [-0.4, -0.2) is 125 Å². The van der Waals surface area contributed by atoms with Crippen LogP contribution in [0.4, 0.5) is 30.2 Å². The Morgan fingerprint density at radius 2 is 0.667 bits per heavy atom. The number of hydrogen-bond donors (Lipinski definition) is 6. The number of rotatable bonds is 12. The molecule has 2 unspecified atom stereocenters. The van der Waals surface area contributed by atoms with Gasteiger partial charge in [0.05, 0.1) is 33.7 Å². The van der Waals surface area contributed by atoms with Gasteiger partial charge >= 0.3 is 0 Å². The first-order valence-corrected chi connectivity index (χ1v) is 34.7. The van der Waals surface area contributed by atoms with Gasteiger partial charge in [-0.2, -0.15) is 67.6 Å². The van der Waals surface area contributed by atoms with E-state index in [9.17, 15) is 52.8 Å². The lowest BCUT2D eigenvalue weighted by atomic mass is 9.96. The molecule has 3 aliphatic heterocycles. The Morgan fingerprint density at radius 3 is 0.896 bits per heavy atom. The smallest absolute Gasteiger partial charge is 0.280 e. The van der Waals surface area contributed by atoms with E-state index in [0.29, 0.717) is 0 Å². The fourth-order valence-corrected chi connectivity index (χ4v) is 15.3. The minimum atomic E-state index is -3.91. The maximum absolute atomic E-state index is 13.4. The molecule has 0 aliphatic carbocycles. The van der Waals surface area contributed by atoms with Gasteiger partial charge in [-0.3, -0.25) is 28.4 Å². The molecule has 3 aliphatic rings. The Labute approximate surface area is 566 Å². The first kappa shape index (κ1) is 70.4. The first-order valence-electron chi connectivity index (χ1n) is 29.2. The van der Waals surface area contributed by atoms with Crippen LogP contribution in [0, 0.1) is 17.5 Å². The van der Waals surface area contributed by atoms with Crippen molar-refractivity contribution in [3.63, 3.8) is 0 Å². The van der Waals surface area contributed by atoms with Gasteiger partial charge < -0.3 is 16.0 Å². The third-order valence-electron chi connectivity index (χ3n) is 16.2. The number of halogens is 6. The summed E-state index contributed by atoms with van der Waals surface area (Å²) in [5, 5.41) is 20.0. The topological polar surface area (TPSA) is 289 Å². The summed E-state index contributed by atoms with van der Waals surface area (Å²) >= 11 is 17.3. The maximum atomic E-state index is 13.4. The van der Waals surface area contributed by atoms with Gasteiger partial charge in [-0.1, -0.05) is 89.4 Å². The van der Waals surface area contributed by atoms with E-state index >= 15 is 0 Å². The lowest BCUT2D eigenvalue weighted by molar-refractivity contribution is -0.120. The maximum Gasteiger partial charge on any atom is 0.280 e. The van der Waals surface area contributed by atoms with Crippen LogP contribution in [0.25, 0.3) is 33.4 Å². The SMILES string of the molecule is CN1C(C(=O)Nc2ccc(F)c(Cl)c2)CC(c2cccc(-c3cnn(C)c3)c2)NS1(=O)=O.CN1[C@@H](C(=O)Nc2ccc(F)c(Cl)c2)C[C@@H](c2cccc(-c3cnn(C)c3)c2)NS1(=O)=O.CN1[C@H](C(=O)Nc2ccc(F)c(Cl)c2)C[C@H](c2cccc(-c3cnn(C)c3)c2)NS1(=O)=O. The Bertz CT molecular complexity index is 4310. The van der Waals surface area contributed by atoms with Gasteiger partial charge in [0.25, 0.3) is 30.6 Å². The van der Waals surface area contributed by atoms with E-state index in [-0.39, 0.29) is 51.4 Å². The van der Waals surface area contributed by atoms with Crippen LogP contribution in [-0.2, 0) is 66.2 Å². The summed E-state index contributed by atoms with van der Waals surface area (Å²) in [5.41, 5.74) is 8.36. The molecule has 6 heterocycles. The van der Waals surface area contributed by atoms with Gasteiger partial charge in [-0.25, -0.2) is 13.2 Å². The van der Waals surface area contributed by atoms with Crippen molar-refractivity contribution in [2.75, 3.05) is 37.1 Å². The van der Waals surface area contributed by atoms with Crippen molar-refractivity contribution in [2.45, 2.75) is 55.5 Å². The lowest BCUT2D eigenvalue weighted by Crippen LogP contribution is -2.55. The van der Waals surface area contributed by atoms with Crippen molar-refractivity contribution in [1.82, 2.24) is 56.4 Å². The Hall–Kier alpha value is -8.37. The van der Waals surface area contributed by atoms with E-state index in [1.54, 1.807) is 32.6 Å². The van der Waals surface area contributed by atoms with E-state index in [0.717, 1.165) is 81.2 Å². The molecule has 3 aromatic heterocycles. The summed E-state index contributed by atoms with van der Waals surface area (Å²) in [6.45, 7) is 0. The van der Waals surface area contributed by atoms with E-state index in [1.807, 2.05) is 113 Å². The lowest BCUT2D eigenvalue weighted by Gasteiger charge is -2.36. The largest absolute Gasteiger partial charge is 0.325 e. The molecule has 0 spiro atoms. The van der Waals surface area contributed by atoms with Crippen molar-refractivity contribution in [3.05, 3.63) is 214 Å². The number of carbonyl (C=O) groups is 3. The highest BCUT2D eigenvalue weighted by molar-refractivity contribution is 7.87. The van der Waals surface area contributed by atoms with Crippen LogP contribution in [0.1, 0.15) is 54.1 Å². The summed E-state index contributed by atoms with van der Waals surface area (Å²) in [4.78, 5) is 38.8. The summed E-state index contributed by atoms with van der Waals surface area (Å²) in [7, 11) is -2.27. The number of benzene rings is 6. The van der Waals surface area contributed by atoms with Crippen LogP contribution in [0.3, 0.4) is 0 Å². The van der Waals surface area contributed by atoms with Gasteiger partial charge in [0.15, 0.2) is 0 Å². The van der Waals surface area contributed by atoms with Crippen molar-refractivity contribution in [3.8, 4) is 33.4 Å². The molecule has 96 heavy (non-hydrogen) atoms. The zero-order valence-corrected chi connectivity index (χ0v) is 56.6. The van der Waals surface area contributed by atoms with E-state index in [1.165, 1.54) is 57.5 Å². The second-order valence-electron chi connectivity index (χ2n) is 22.8. The number of nitrogens with one attached hydrogen (secondary N) is 6. The number of hydrogen-bond acceptors (Lipinski definition) is 12. The molecule has 3 fully saturated rings. The van der Waals surface area contributed by atoms with E-state index in [4.69, 9.17) is 34.8 Å². The molecule has 3 amide bonds. The van der Waals surface area contributed by atoms with Crippen LogP contribution in [0.2, 0.25) is 15.1 Å². The van der Waals surface area contributed by atoms with Gasteiger partial charge in [0, 0.05) is 113 Å². The molecular formula is C63H63Cl3F3N15O9S3. The molecule has 0 radical (unpaired) electrons. The van der Waals surface area contributed by atoms with Crippen molar-refractivity contribution in [1.29, 1.82) is 0 Å². The minimum Gasteiger partial charge on any atom is -0.325 e. The van der Waals surface area contributed by atoms with Crippen LogP contribution < -0.4 is 30.1 Å². The molecule has 33 heteroatoms. The van der Waals surface area contributed by atoms with Crippen LogP contribution in [0.15, 0.2) is 165 Å².